The van der Waals surface area contributed by atoms with Crippen LogP contribution in [0.15, 0.2) is 24.8 Å². The molecule has 1 atom stereocenters. The van der Waals surface area contributed by atoms with E-state index in [1.165, 1.54) is 14.7 Å². The van der Waals surface area contributed by atoms with Crippen molar-refractivity contribution >= 4 is 22.6 Å². The molecule has 1 nitrogen and oxygen atoms in total. The Morgan fingerprint density at radius 3 is 2.23 bits per heavy atom. The summed E-state index contributed by atoms with van der Waals surface area (Å²) in [6.45, 7) is 7.90. The van der Waals surface area contributed by atoms with E-state index in [1.807, 2.05) is 0 Å². The summed E-state index contributed by atoms with van der Waals surface area (Å²) < 4.78 is 1.32. The molecule has 1 aromatic rings. The Bertz CT molecular complexity index is 308. The van der Waals surface area contributed by atoms with E-state index in [0.717, 1.165) is 5.56 Å². The van der Waals surface area contributed by atoms with Gasteiger partial charge in [-0.2, -0.15) is 0 Å². The van der Waals surface area contributed by atoms with Gasteiger partial charge in [0.05, 0.1) is 0 Å². The first-order valence-electron chi connectivity index (χ1n) is 4.21. The highest BCUT2D eigenvalue weighted by atomic mass is 127. The summed E-state index contributed by atoms with van der Waals surface area (Å²) in [6.07, 6.45) is 1.76. The molecule has 0 unspecified atom stereocenters. The minimum absolute atomic E-state index is 0.0469. The van der Waals surface area contributed by atoms with Crippen molar-refractivity contribution in [1.29, 1.82) is 0 Å². The first-order chi connectivity index (χ1) is 6.06. The van der Waals surface area contributed by atoms with Crippen LogP contribution in [0.3, 0.4) is 0 Å². The maximum absolute atomic E-state index is 5.86. The molecule has 2 N–H and O–H groups in total. The van der Waals surface area contributed by atoms with E-state index in [0.29, 0.717) is 0 Å². The second kappa shape index (κ2) is 4.24. The smallest absolute Gasteiger partial charge is 0.0478 e. The lowest BCUT2D eigenvalue weighted by molar-refractivity contribution is 0.908. The summed E-state index contributed by atoms with van der Waals surface area (Å²) >= 11 is 2.35. The van der Waals surface area contributed by atoms with Gasteiger partial charge < -0.3 is 5.73 Å². The predicted molar refractivity (Wildman–Crippen MR) is 65.8 cm³/mol. The fraction of sp³-hybridized carbons (Fsp3) is 0.273. The van der Waals surface area contributed by atoms with E-state index in [2.05, 4.69) is 55.2 Å². The van der Waals surface area contributed by atoms with Crippen molar-refractivity contribution in [1.82, 2.24) is 0 Å². The topological polar surface area (TPSA) is 26.0 Å². The van der Waals surface area contributed by atoms with Crippen molar-refractivity contribution in [3.05, 3.63) is 45.0 Å². The fourth-order valence-corrected chi connectivity index (χ4v) is 1.62. The van der Waals surface area contributed by atoms with Crippen LogP contribution in [0.2, 0.25) is 0 Å². The number of nitrogens with two attached hydrogens (primary N) is 1. The van der Waals surface area contributed by atoms with Crippen molar-refractivity contribution in [2.24, 2.45) is 5.73 Å². The van der Waals surface area contributed by atoms with Gasteiger partial charge in [-0.15, -0.1) is 6.58 Å². The molecule has 0 radical (unpaired) electrons. The van der Waals surface area contributed by atoms with Crippen LogP contribution >= 0.6 is 22.6 Å². The summed E-state index contributed by atoms with van der Waals surface area (Å²) in [5.41, 5.74) is 9.58. The third-order valence-corrected chi connectivity index (χ3v) is 3.80. The minimum Gasteiger partial charge on any atom is -0.321 e. The molecule has 0 fully saturated rings. The Kier molecular flexibility index (Phi) is 3.50. The Balaban J connectivity index is 3.20. The first-order valence-corrected chi connectivity index (χ1v) is 5.29. The van der Waals surface area contributed by atoms with Crippen LogP contribution in [0.1, 0.15) is 22.7 Å². The molecule has 0 aliphatic rings. The number of halogens is 1. The number of hydrogen-bond acceptors (Lipinski definition) is 1. The SMILES string of the molecule is C=C[C@@H](N)c1cc(C)c(I)c(C)c1. The zero-order valence-corrected chi connectivity index (χ0v) is 10.1. The van der Waals surface area contributed by atoms with Crippen molar-refractivity contribution in [2.75, 3.05) is 0 Å². The molecule has 0 bridgehead atoms. The summed E-state index contributed by atoms with van der Waals surface area (Å²) in [5, 5.41) is 0. The second-order valence-electron chi connectivity index (χ2n) is 3.23. The van der Waals surface area contributed by atoms with Gasteiger partial charge in [-0.05, 0) is 53.1 Å². The molecule has 0 aliphatic carbocycles. The lowest BCUT2D eigenvalue weighted by Gasteiger charge is -2.11. The highest BCUT2D eigenvalue weighted by Crippen LogP contribution is 2.21. The second-order valence-corrected chi connectivity index (χ2v) is 4.31. The van der Waals surface area contributed by atoms with E-state index < -0.39 is 0 Å². The zero-order valence-electron chi connectivity index (χ0n) is 7.97. The van der Waals surface area contributed by atoms with E-state index in [-0.39, 0.29) is 6.04 Å². The molecule has 0 heterocycles. The van der Waals surface area contributed by atoms with Gasteiger partial charge in [-0.1, -0.05) is 18.2 Å². The molecule has 0 spiro atoms. The molecule has 2 heteroatoms. The quantitative estimate of drug-likeness (QED) is 0.656. The molecule has 70 valence electrons. The summed E-state index contributed by atoms with van der Waals surface area (Å²) in [6, 6.07) is 4.21. The van der Waals surface area contributed by atoms with Gasteiger partial charge in [0.25, 0.3) is 0 Å². The van der Waals surface area contributed by atoms with Gasteiger partial charge in [-0.25, -0.2) is 0 Å². The van der Waals surface area contributed by atoms with Crippen molar-refractivity contribution in [3.8, 4) is 0 Å². The highest BCUT2D eigenvalue weighted by molar-refractivity contribution is 14.1. The molecule has 0 aliphatic heterocycles. The van der Waals surface area contributed by atoms with Gasteiger partial charge in [0.1, 0.15) is 0 Å². The van der Waals surface area contributed by atoms with Crippen LogP contribution in [-0.4, -0.2) is 0 Å². The predicted octanol–water partition coefficient (Wildman–Crippen LogP) is 3.09. The molecule has 0 saturated carbocycles. The normalized spacial score (nSPS) is 12.6. The zero-order chi connectivity index (χ0) is 10.0. The first kappa shape index (κ1) is 10.7. The third kappa shape index (κ3) is 2.31. The van der Waals surface area contributed by atoms with Gasteiger partial charge in [-0.3, -0.25) is 0 Å². The monoisotopic (exact) mass is 287 g/mol. The average molecular weight is 287 g/mol. The summed E-state index contributed by atoms with van der Waals surface area (Å²) in [4.78, 5) is 0. The van der Waals surface area contributed by atoms with Crippen molar-refractivity contribution in [2.45, 2.75) is 19.9 Å². The van der Waals surface area contributed by atoms with Gasteiger partial charge in [0.15, 0.2) is 0 Å². The van der Waals surface area contributed by atoms with Crippen LogP contribution in [0.4, 0.5) is 0 Å². The average Bonchev–Trinajstić information content (AvgIpc) is 2.12. The Morgan fingerprint density at radius 1 is 1.38 bits per heavy atom. The number of rotatable bonds is 2. The Hall–Kier alpha value is -0.350. The molecule has 1 aromatic carbocycles. The molecule has 0 amide bonds. The third-order valence-electron chi connectivity index (χ3n) is 2.10. The van der Waals surface area contributed by atoms with Gasteiger partial charge >= 0.3 is 0 Å². The number of aryl methyl sites for hydroxylation is 2. The van der Waals surface area contributed by atoms with Gasteiger partial charge in [0, 0.05) is 9.61 Å². The largest absolute Gasteiger partial charge is 0.321 e. The van der Waals surface area contributed by atoms with Gasteiger partial charge in [0.2, 0.25) is 0 Å². The molecule has 0 saturated heterocycles. The molecule has 13 heavy (non-hydrogen) atoms. The van der Waals surface area contributed by atoms with E-state index in [1.54, 1.807) is 6.08 Å². The van der Waals surface area contributed by atoms with Crippen LogP contribution in [0.25, 0.3) is 0 Å². The molecular weight excluding hydrogens is 273 g/mol. The molecule has 1 rings (SSSR count). The minimum atomic E-state index is -0.0469. The summed E-state index contributed by atoms with van der Waals surface area (Å²) in [5.74, 6) is 0. The summed E-state index contributed by atoms with van der Waals surface area (Å²) in [7, 11) is 0. The van der Waals surface area contributed by atoms with E-state index >= 15 is 0 Å². The fourth-order valence-electron chi connectivity index (χ4n) is 1.31. The van der Waals surface area contributed by atoms with Crippen LogP contribution in [-0.2, 0) is 0 Å². The van der Waals surface area contributed by atoms with Crippen molar-refractivity contribution in [3.63, 3.8) is 0 Å². The van der Waals surface area contributed by atoms with E-state index in [4.69, 9.17) is 5.73 Å². The maximum atomic E-state index is 5.86. The standard InChI is InChI=1S/C11H14IN/c1-4-10(13)9-5-7(2)11(12)8(3)6-9/h4-6,10H,1,13H2,2-3H3/t10-/m1/s1. The van der Waals surface area contributed by atoms with Crippen LogP contribution in [0, 0.1) is 17.4 Å². The lowest BCUT2D eigenvalue weighted by atomic mass is 10.0. The Labute approximate surface area is 93.2 Å². The maximum Gasteiger partial charge on any atom is 0.0478 e. The molecule has 0 aromatic heterocycles. The lowest BCUT2D eigenvalue weighted by Crippen LogP contribution is -2.07. The van der Waals surface area contributed by atoms with Crippen LogP contribution in [0.5, 0.6) is 0 Å². The number of hydrogen-bond donors (Lipinski definition) is 1. The van der Waals surface area contributed by atoms with E-state index in [9.17, 15) is 0 Å². The Morgan fingerprint density at radius 2 is 1.85 bits per heavy atom. The number of benzene rings is 1. The molecular formula is C11H14IN. The van der Waals surface area contributed by atoms with Crippen LogP contribution < -0.4 is 5.73 Å². The van der Waals surface area contributed by atoms with Crippen molar-refractivity contribution < 1.29 is 0 Å². The highest BCUT2D eigenvalue weighted by Gasteiger charge is 2.05.